The summed E-state index contributed by atoms with van der Waals surface area (Å²) >= 11 is 0. The number of carbonyl (C=O) groups excluding carboxylic acids is 1. The highest BCUT2D eigenvalue weighted by atomic mass is 16.4. The number of carboxylic acid groups (broad SMARTS) is 1. The first-order chi connectivity index (χ1) is 8.97. The lowest BCUT2D eigenvalue weighted by Gasteiger charge is -2.35. The molecule has 1 saturated carbocycles. The highest BCUT2D eigenvalue weighted by molar-refractivity contribution is 5.86. The average Bonchev–Trinajstić information content (AvgIpc) is 3.23. The minimum Gasteiger partial charge on any atom is -0.480 e. The maximum atomic E-state index is 12.3. The van der Waals surface area contributed by atoms with Crippen LogP contribution in [0.4, 0.5) is 4.79 Å². The number of carbonyl (C=O) groups is 2. The van der Waals surface area contributed by atoms with E-state index in [0.717, 1.165) is 38.8 Å². The van der Waals surface area contributed by atoms with Crippen LogP contribution in [0.1, 0.15) is 46.0 Å². The standard InChI is InChI=1S/C14H24N2O3/c1-3-10-5-4-8-16(9-10)13(19)15-14(2,12(17)18)11-6-7-11/h10-11H,3-9H2,1-2H3,(H,15,19)(H,17,18). The number of piperidine rings is 1. The molecular formula is C14H24N2O3. The van der Waals surface area contributed by atoms with Crippen LogP contribution in [0.25, 0.3) is 0 Å². The van der Waals surface area contributed by atoms with Crippen LogP contribution in [0.3, 0.4) is 0 Å². The fraction of sp³-hybridized carbons (Fsp3) is 0.857. The lowest BCUT2D eigenvalue weighted by Crippen LogP contribution is -2.58. The van der Waals surface area contributed by atoms with Gasteiger partial charge in [0.25, 0.3) is 0 Å². The molecule has 0 radical (unpaired) electrons. The van der Waals surface area contributed by atoms with Crippen molar-refractivity contribution >= 4 is 12.0 Å². The average molecular weight is 268 g/mol. The predicted octanol–water partition coefficient (Wildman–Crippen LogP) is 2.07. The summed E-state index contributed by atoms with van der Waals surface area (Å²) in [7, 11) is 0. The van der Waals surface area contributed by atoms with Gasteiger partial charge >= 0.3 is 12.0 Å². The maximum absolute atomic E-state index is 12.3. The number of nitrogens with one attached hydrogen (secondary N) is 1. The van der Waals surface area contributed by atoms with Gasteiger partial charge in [-0.2, -0.15) is 0 Å². The summed E-state index contributed by atoms with van der Waals surface area (Å²) in [4.78, 5) is 25.5. The van der Waals surface area contributed by atoms with Crippen molar-refractivity contribution in [2.24, 2.45) is 11.8 Å². The first-order valence-electron chi connectivity index (χ1n) is 7.27. The molecule has 1 heterocycles. The third-order valence-electron chi connectivity index (χ3n) is 4.59. The number of aliphatic carboxylic acids is 1. The highest BCUT2D eigenvalue weighted by Gasteiger charge is 2.49. The van der Waals surface area contributed by atoms with E-state index >= 15 is 0 Å². The molecule has 108 valence electrons. The molecule has 2 N–H and O–H groups in total. The first-order valence-corrected chi connectivity index (χ1v) is 7.27. The van der Waals surface area contributed by atoms with Crippen molar-refractivity contribution in [1.82, 2.24) is 10.2 Å². The molecule has 1 aliphatic carbocycles. The van der Waals surface area contributed by atoms with Crippen LogP contribution in [0.2, 0.25) is 0 Å². The van der Waals surface area contributed by atoms with Gasteiger partial charge in [-0.3, -0.25) is 0 Å². The Morgan fingerprint density at radius 2 is 2.05 bits per heavy atom. The fourth-order valence-corrected chi connectivity index (χ4v) is 2.87. The summed E-state index contributed by atoms with van der Waals surface area (Å²) in [6.45, 7) is 5.26. The quantitative estimate of drug-likeness (QED) is 0.820. The van der Waals surface area contributed by atoms with E-state index in [4.69, 9.17) is 0 Å². The molecule has 2 rings (SSSR count). The zero-order valence-electron chi connectivity index (χ0n) is 11.8. The number of carboxylic acids is 1. The number of hydrogen-bond donors (Lipinski definition) is 2. The minimum absolute atomic E-state index is 0.0840. The molecule has 5 nitrogen and oxygen atoms in total. The number of likely N-dealkylation sites (tertiary alicyclic amines) is 1. The van der Waals surface area contributed by atoms with E-state index in [1.54, 1.807) is 11.8 Å². The van der Waals surface area contributed by atoms with Gasteiger partial charge in [-0.25, -0.2) is 9.59 Å². The molecule has 19 heavy (non-hydrogen) atoms. The predicted molar refractivity (Wildman–Crippen MR) is 71.9 cm³/mol. The minimum atomic E-state index is -1.10. The molecule has 2 atom stereocenters. The second-order valence-corrected chi connectivity index (χ2v) is 6.07. The van der Waals surface area contributed by atoms with Gasteiger partial charge in [0.1, 0.15) is 5.54 Å². The van der Waals surface area contributed by atoms with Crippen LogP contribution in [0.15, 0.2) is 0 Å². The topological polar surface area (TPSA) is 69.6 Å². The third kappa shape index (κ3) is 3.01. The Kier molecular flexibility index (Phi) is 4.02. The largest absolute Gasteiger partial charge is 0.480 e. The smallest absolute Gasteiger partial charge is 0.329 e. The maximum Gasteiger partial charge on any atom is 0.329 e. The molecule has 2 fully saturated rings. The van der Waals surface area contributed by atoms with Gasteiger partial charge in [0.15, 0.2) is 0 Å². The summed E-state index contributed by atoms with van der Waals surface area (Å²) in [5, 5.41) is 12.1. The van der Waals surface area contributed by atoms with E-state index in [0.29, 0.717) is 5.92 Å². The van der Waals surface area contributed by atoms with Crippen LogP contribution in [-0.4, -0.2) is 40.6 Å². The second-order valence-electron chi connectivity index (χ2n) is 6.07. The first kappa shape index (κ1) is 14.2. The Bertz CT molecular complexity index is 368. The number of nitrogens with zero attached hydrogens (tertiary/aromatic N) is 1. The third-order valence-corrected chi connectivity index (χ3v) is 4.59. The molecule has 2 amide bonds. The van der Waals surface area contributed by atoms with Gasteiger partial charge in [-0.15, -0.1) is 0 Å². The van der Waals surface area contributed by atoms with Crippen LogP contribution < -0.4 is 5.32 Å². The van der Waals surface area contributed by atoms with Gasteiger partial charge in [-0.05, 0) is 44.4 Å². The van der Waals surface area contributed by atoms with Crippen molar-refractivity contribution in [2.75, 3.05) is 13.1 Å². The molecule has 0 aromatic rings. The zero-order valence-corrected chi connectivity index (χ0v) is 11.8. The highest BCUT2D eigenvalue weighted by Crippen LogP contribution is 2.39. The number of amides is 2. The van der Waals surface area contributed by atoms with Gasteiger partial charge in [0.2, 0.25) is 0 Å². The zero-order chi connectivity index (χ0) is 14.0. The Balaban J connectivity index is 1.97. The van der Waals surface area contributed by atoms with Crippen molar-refractivity contribution in [3.8, 4) is 0 Å². The molecule has 1 saturated heterocycles. The molecular weight excluding hydrogens is 244 g/mol. The fourth-order valence-electron chi connectivity index (χ4n) is 2.87. The van der Waals surface area contributed by atoms with Gasteiger partial charge in [0.05, 0.1) is 0 Å². The lowest BCUT2D eigenvalue weighted by atomic mass is 9.94. The van der Waals surface area contributed by atoms with Crippen molar-refractivity contribution in [3.63, 3.8) is 0 Å². The van der Waals surface area contributed by atoms with E-state index in [9.17, 15) is 14.7 Å². The van der Waals surface area contributed by atoms with E-state index in [-0.39, 0.29) is 11.9 Å². The van der Waals surface area contributed by atoms with Crippen molar-refractivity contribution < 1.29 is 14.7 Å². The Hall–Kier alpha value is -1.26. The molecule has 0 bridgehead atoms. The van der Waals surface area contributed by atoms with Crippen LogP contribution in [0, 0.1) is 11.8 Å². The van der Waals surface area contributed by atoms with E-state index in [1.165, 1.54) is 6.42 Å². The van der Waals surface area contributed by atoms with Crippen molar-refractivity contribution in [1.29, 1.82) is 0 Å². The van der Waals surface area contributed by atoms with Crippen LogP contribution in [0.5, 0.6) is 0 Å². The summed E-state index contributed by atoms with van der Waals surface area (Å²) in [6.07, 6.45) is 5.03. The summed E-state index contributed by atoms with van der Waals surface area (Å²) in [6, 6.07) is -0.213. The molecule has 0 spiro atoms. The number of urea groups is 1. The number of rotatable bonds is 4. The van der Waals surface area contributed by atoms with Crippen molar-refractivity contribution in [3.05, 3.63) is 0 Å². The second kappa shape index (κ2) is 5.39. The van der Waals surface area contributed by atoms with Crippen molar-refractivity contribution in [2.45, 2.75) is 51.5 Å². The molecule has 2 aliphatic rings. The molecule has 2 unspecified atom stereocenters. The molecule has 0 aromatic carbocycles. The monoisotopic (exact) mass is 268 g/mol. The Morgan fingerprint density at radius 1 is 1.37 bits per heavy atom. The normalized spacial score (nSPS) is 26.6. The van der Waals surface area contributed by atoms with Gasteiger partial charge < -0.3 is 15.3 Å². The van der Waals surface area contributed by atoms with Crippen LogP contribution >= 0.6 is 0 Å². The van der Waals surface area contributed by atoms with Crippen LogP contribution in [-0.2, 0) is 4.79 Å². The molecule has 1 aliphatic heterocycles. The molecule has 0 aromatic heterocycles. The summed E-state index contributed by atoms with van der Waals surface area (Å²) < 4.78 is 0. The summed E-state index contributed by atoms with van der Waals surface area (Å²) in [5.74, 6) is -0.287. The van der Waals surface area contributed by atoms with E-state index in [1.807, 2.05) is 0 Å². The van der Waals surface area contributed by atoms with Gasteiger partial charge in [-0.1, -0.05) is 13.3 Å². The van der Waals surface area contributed by atoms with E-state index in [2.05, 4.69) is 12.2 Å². The lowest BCUT2D eigenvalue weighted by molar-refractivity contribution is -0.144. The van der Waals surface area contributed by atoms with E-state index < -0.39 is 11.5 Å². The SMILES string of the molecule is CCC1CCCN(C(=O)NC(C)(C(=O)O)C2CC2)C1. The number of hydrogen-bond acceptors (Lipinski definition) is 2. The Morgan fingerprint density at radius 3 is 2.58 bits per heavy atom. The summed E-state index contributed by atoms with van der Waals surface area (Å²) in [5.41, 5.74) is -1.10. The van der Waals surface area contributed by atoms with Gasteiger partial charge in [0, 0.05) is 13.1 Å². The Labute approximate surface area is 114 Å². The molecule has 5 heteroatoms.